The predicted molar refractivity (Wildman–Crippen MR) is 84.9 cm³/mol. The van der Waals surface area contributed by atoms with Gasteiger partial charge in [-0.2, -0.15) is 0 Å². The standard InChI is InChI=1S/C15H20N2O5S/c1-3-23(20,21)12-8-6-11(7-9-12)16-14(18)13-5-4-10-17(13)15(19)22-2/h6-9,13H,3-5,10H2,1-2H3,(H,16,18)/t13-/m0/s1. The van der Waals surface area contributed by atoms with Gasteiger partial charge in [0.15, 0.2) is 9.84 Å². The number of rotatable bonds is 4. The molecule has 1 N–H and O–H groups in total. The highest BCUT2D eigenvalue weighted by Gasteiger charge is 2.34. The third-order valence-corrected chi connectivity index (χ3v) is 5.58. The highest BCUT2D eigenvalue weighted by atomic mass is 32.2. The number of amides is 2. The Morgan fingerprint density at radius 1 is 1.30 bits per heavy atom. The minimum atomic E-state index is -3.26. The van der Waals surface area contributed by atoms with E-state index in [1.54, 1.807) is 6.92 Å². The first kappa shape index (κ1) is 17.3. The zero-order valence-corrected chi connectivity index (χ0v) is 13.9. The van der Waals surface area contributed by atoms with Crippen molar-refractivity contribution in [3.05, 3.63) is 24.3 Å². The quantitative estimate of drug-likeness (QED) is 0.899. The molecule has 0 saturated carbocycles. The number of nitrogens with one attached hydrogen (secondary N) is 1. The second-order valence-electron chi connectivity index (χ2n) is 5.24. The minimum absolute atomic E-state index is 0.0227. The van der Waals surface area contributed by atoms with Crippen LogP contribution in [0.2, 0.25) is 0 Å². The van der Waals surface area contributed by atoms with Crippen molar-refractivity contribution in [1.29, 1.82) is 0 Å². The Hall–Kier alpha value is -2.09. The van der Waals surface area contributed by atoms with E-state index in [9.17, 15) is 18.0 Å². The maximum atomic E-state index is 12.3. The van der Waals surface area contributed by atoms with E-state index in [0.717, 1.165) is 6.42 Å². The monoisotopic (exact) mass is 340 g/mol. The molecule has 2 rings (SSSR count). The van der Waals surface area contributed by atoms with Crippen LogP contribution in [0.5, 0.6) is 0 Å². The number of nitrogens with zero attached hydrogens (tertiary/aromatic N) is 1. The lowest BCUT2D eigenvalue weighted by molar-refractivity contribution is -0.119. The Morgan fingerprint density at radius 3 is 2.52 bits per heavy atom. The number of methoxy groups -OCH3 is 1. The van der Waals surface area contributed by atoms with E-state index in [4.69, 9.17) is 0 Å². The number of hydrogen-bond acceptors (Lipinski definition) is 5. The van der Waals surface area contributed by atoms with Gasteiger partial charge < -0.3 is 10.1 Å². The van der Waals surface area contributed by atoms with E-state index in [-0.39, 0.29) is 16.6 Å². The molecule has 1 aromatic carbocycles. The van der Waals surface area contributed by atoms with Crippen molar-refractivity contribution in [2.45, 2.75) is 30.7 Å². The third-order valence-electron chi connectivity index (χ3n) is 3.83. The van der Waals surface area contributed by atoms with Crippen molar-refractivity contribution in [3.63, 3.8) is 0 Å². The number of carbonyl (C=O) groups excluding carboxylic acids is 2. The molecule has 0 radical (unpaired) electrons. The van der Waals surface area contributed by atoms with Crippen LogP contribution in [0.4, 0.5) is 10.5 Å². The summed E-state index contributed by atoms with van der Waals surface area (Å²) in [4.78, 5) is 25.5. The molecule has 0 bridgehead atoms. The normalized spacial score (nSPS) is 17.8. The molecule has 1 aromatic rings. The molecule has 1 atom stereocenters. The summed E-state index contributed by atoms with van der Waals surface area (Å²) in [6.45, 7) is 2.06. The lowest BCUT2D eigenvalue weighted by Crippen LogP contribution is -2.43. The summed E-state index contributed by atoms with van der Waals surface area (Å²) in [6, 6.07) is 5.43. The molecular formula is C15H20N2O5S. The maximum absolute atomic E-state index is 12.3. The van der Waals surface area contributed by atoms with Crippen molar-refractivity contribution < 1.29 is 22.7 Å². The van der Waals surface area contributed by atoms with Crippen LogP contribution in [0.3, 0.4) is 0 Å². The lowest BCUT2D eigenvalue weighted by atomic mass is 10.2. The van der Waals surface area contributed by atoms with Gasteiger partial charge >= 0.3 is 6.09 Å². The second-order valence-corrected chi connectivity index (χ2v) is 7.52. The van der Waals surface area contributed by atoms with Gasteiger partial charge in [0.25, 0.3) is 0 Å². The van der Waals surface area contributed by atoms with Gasteiger partial charge in [0.1, 0.15) is 6.04 Å². The molecule has 0 aromatic heterocycles. The Kier molecular flexibility index (Phi) is 5.25. The summed E-state index contributed by atoms with van der Waals surface area (Å²) >= 11 is 0. The molecule has 0 spiro atoms. The molecule has 0 aliphatic carbocycles. The van der Waals surface area contributed by atoms with Crippen molar-refractivity contribution in [2.75, 3.05) is 24.7 Å². The van der Waals surface area contributed by atoms with E-state index in [0.29, 0.717) is 18.7 Å². The van der Waals surface area contributed by atoms with Crippen molar-refractivity contribution in [2.24, 2.45) is 0 Å². The fourth-order valence-electron chi connectivity index (χ4n) is 2.51. The number of anilines is 1. The molecule has 126 valence electrons. The highest BCUT2D eigenvalue weighted by molar-refractivity contribution is 7.91. The second kappa shape index (κ2) is 6.99. The van der Waals surface area contributed by atoms with Gasteiger partial charge in [0.2, 0.25) is 5.91 Å². The zero-order valence-electron chi connectivity index (χ0n) is 13.1. The third kappa shape index (κ3) is 3.82. The van der Waals surface area contributed by atoms with Gasteiger partial charge in [-0.05, 0) is 37.1 Å². The van der Waals surface area contributed by atoms with Crippen LogP contribution >= 0.6 is 0 Å². The summed E-state index contributed by atoms with van der Waals surface area (Å²) in [6.07, 6.45) is 0.788. The molecule has 1 fully saturated rings. The van der Waals surface area contributed by atoms with Gasteiger partial charge in [0, 0.05) is 12.2 Å². The van der Waals surface area contributed by atoms with Crippen LogP contribution in [0.15, 0.2) is 29.2 Å². The summed E-state index contributed by atoms with van der Waals surface area (Å²) in [7, 11) is -1.98. The van der Waals surface area contributed by atoms with E-state index in [1.807, 2.05) is 0 Å². The first-order valence-corrected chi connectivity index (χ1v) is 9.02. The number of hydrogen-bond donors (Lipinski definition) is 1. The summed E-state index contributed by atoms with van der Waals surface area (Å²) in [5, 5.41) is 2.71. The van der Waals surface area contributed by atoms with Gasteiger partial charge in [-0.25, -0.2) is 13.2 Å². The zero-order chi connectivity index (χ0) is 17.0. The lowest BCUT2D eigenvalue weighted by Gasteiger charge is -2.22. The fraction of sp³-hybridized carbons (Fsp3) is 0.467. The molecule has 7 nitrogen and oxygen atoms in total. The first-order chi connectivity index (χ1) is 10.9. The van der Waals surface area contributed by atoms with Crippen LogP contribution in [0.1, 0.15) is 19.8 Å². The summed E-state index contributed by atoms with van der Waals surface area (Å²) in [5.41, 5.74) is 0.488. The number of carbonyl (C=O) groups is 2. The van der Waals surface area contributed by atoms with Crippen LogP contribution in [0.25, 0.3) is 0 Å². The molecule has 1 aliphatic rings. The average molecular weight is 340 g/mol. The van der Waals surface area contributed by atoms with Gasteiger partial charge in [0.05, 0.1) is 17.8 Å². The Morgan fingerprint density at radius 2 is 1.96 bits per heavy atom. The Balaban J connectivity index is 2.07. The van der Waals surface area contributed by atoms with E-state index in [2.05, 4.69) is 10.1 Å². The number of ether oxygens (including phenoxy) is 1. The topological polar surface area (TPSA) is 92.8 Å². The Bertz CT molecular complexity index is 684. The van der Waals surface area contributed by atoms with Gasteiger partial charge in [-0.15, -0.1) is 0 Å². The van der Waals surface area contributed by atoms with Crippen molar-refractivity contribution >= 4 is 27.5 Å². The van der Waals surface area contributed by atoms with E-state index < -0.39 is 22.0 Å². The number of likely N-dealkylation sites (tertiary alicyclic amines) is 1. The predicted octanol–water partition coefficient (Wildman–Crippen LogP) is 1.65. The van der Waals surface area contributed by atoms with Crippen molar-refractivity contribution in [3.8, 4) is 0 Å². The molecule has 1 saturated heterocycles. The molecule has 0 unspecified atom stereocenters. The summed E-state index contributed by atoms with van der Waals surface area (Å²) < 4.78 is 28.2. The fourth-order valence-corrected chi connectivity index (χ4v) is 3.40. The number of benzene rings is 1. The molecule has 8 heteroatoms. The van der Waals surface area contributed by atoms with Gasteiger partial charge in [-0.1, -0.05) is 6.92 Å². The molecular weight excluding hydrogens is 320 g/mol. The van der Waals surface area contributed by atoms with E-state index >= 15 is 0 Å². The van der Waals surface area contributed by atoms with Crippen LogP contribution in [-0.4, -0.2) is 50.8 Å². The molecule has 2 amide bonds. The summed E-state index contributed by atoms with van der Waals surface area (Å²) in [5.74, 6) is -0.284. The van der Waals surface area contributed by atoms with Crippen LogP contribution in [0, 0.1) is 0 Å². The maximum Gasteiger partial charge on any atom is 0.410 e. The molecule has 1 heterocycles. The average Bonchev–Trinajstić information content (AvgIpc) is 3.04. The van der Waals surface area contributed by atoms with Crippen LogP contribution < -0.4 is 5.32 Å². The molecule has 1 aliphatic heterocycles. The smallest absolute Gasteiger partial charge is 0.410 e. The largest absolute Gasteiger partial charge is 0.453 e. The highest BCUT2D eigenvalue weighted by Crippen LogP contribution is 2.21. The SMILES string of the molecule is CCS(=O)(=O)c1ccc(NC(=O)[C@@H]2CCCN2C(=O)OC)cc1. The minimum Gasteiger partial charge on any atom is -0.453 e. The van der Waals surface area contributed by atoms with E-state index in [1.165, 1.54) is 36.3 Å². The molecule has 23 heavy (non-hydrogen) atoms. The van der Waals surface area contributed by atoms with Gasteiger partial charge in [-0.3, -0.25) is 9.69 Å². The first-order valence-electron chi connectivity index (χ1n) is 7.37. The number of sulfone groups is 1. The van der Waals surface area contributed by atoms with Crippen molar-refractivity contribution in [1.82, 2.24) is 4.90 Å². The Labute approximate surface area is 135 Å². The van der Waals surface area contributed by atoms with Crippen LogP contribution in [-0.2, 0) is 19.4 Å².